The normalized spacial score (nSPS) is 15.3. The molecule has 0 bridgehead atoms. The van der Waals surface area contributed by atoms with E-state index in [0.29, 0.717) is 6.04 Å². The summed E-state index contributed by atoms with van der Waals surface area (Å²) in [5.41, 5.74) is 0. The molecule has 0 aromatic carbocycles. The number of rotatable bonds is 8. The molecule has 5 nitrogen and oxygen atoms in total. The van der Waals surface area contributed by atoms with Crippen molar-refractivity contribution in [1.29, 1.82) is 0 Å². The van der Waals surface area contributed by atoms with E-state index in [4.69, 9.17) is 0 Å². The standard InChI is InChI=1S/C13H26N4O/c1-3-5-6-9-15-13(14-4-2)16-10-12(18)17-11-7-8-11/h11H,3-10H2,1-2H3,(H,17,18)(H2,14,15,16). The van der Waals surface area contributed by atoms with Crippen LogP contribution in [0.1, 0.15) is 46.0 Å². The molecule has 3 N–H and O–H groups in total. The number of aliphatic imine (C=N–C) groups is 1. The van der Waals surface area contributed by atoms with Crippen molar-refractivity contribution in [3.05, 3.63) is 0 Å². The molecule has 104 valence electrons. The summed E-state index contributed by atoms with van der Waals surface area (Å²) in [6, 6.07) is 0.410. The second-order valence-corrected chi connectivity index (χ2v) is 4.67. The van der Waals surface area contributed by atoms with E-state index >= 15 is 0 Å². The predicted octanol–water partition coefficient (Wildman–Crippen LogP) is 1.01. The molecule has 0 radical (unpaired) electrons. The molecule has 1 rings (SSSR count). The molecule has 1 fully saturated rings. The Labute approximate surface area is 110 Å². The van der Waals surface area contributed by atoms with Gasteiger partial charge in [0.25, 0.3) is 0 Å². The smallest absolute Gasteiger partial charge is 0.242 e. The van der Waals surface area contributed by atoms with Crippen molar-refractivity contribution in [3.8, 4) is 0 Å². The minimum absolute atomic E-state index is 0.0169. The third-order valence-electron chi connectivity index (χ3n) is 2.74. The number of hydrogen-bond donors (Lipinski definition) is 3. The van der Waals surface area contributed by atoms with Gasteiger partial charge in [-0.2, -0.15) is 0 Å². The fourth-order valence-corrected chi connectivity index (χ4v) is 1.58. The molecule has 18 heavy (non-hydrogen) atoms. The van der Waals surface area contributed by atoms with Gasteiger partial charge in [-0.05, 0) is 26.2 Å². The third kappa shape index (κ3) is 7.14. The van der Waals surface area contributed by atoms with Crippen molar-refractivity contribution in [3.63, 3.8) is 0 Å². The number of carbonyl (C=O) groups excluding carboxylic acids is 1. The number of guanidine groups is 1. The number of unbranched alkanes of at least 4 members (excludes halogenated alkanes) is 2. The second kappa shape index (κ2) is 8.78. The van der Waals surface area contributed by atoms with Crippen LogP contribution in [0.25, 0.3) is 0 Å². The lowest BCUT2D eigenvalue weighted by atomic mass is 10.2. The summed E-state index contributed by atoms with van der Waals surface area (Å²) in [5.74, 6) is 0.753. The van der Waals surface area contributed by atoms with Crippen molar-refractivity contribution in [2.45, 2.75) is 52.0 Å². The van der Waals surface area contributed by atoms with Crippen LogP contribution in [0.4, 0.5) is 0 Å². The molecule has 0 aromatic heterocycles. The molecule has 0 heterocycles. The Kier molecular flexibility index (Phi) is 7.22. The topological polar surface area (TPSA) is 65.5 Å². The van der Waals surface area contributed by atoms with E-state index in [1.807, 2.05) is 6.92 Å². The van der Waals surface area contributed by atoms with Gasteiger partial charge in [0.15, 0.2) is 5.96 Å². The first-order valence-electron chi connectivity index (χ1n) is 7.07. The highest BCUT2D eigenvalue weighted by Gasteiger charge is 2.22. The van der Waals surface area contributed by atoms with Gasteiger partial charge in [0.2, 0.25) is 5.91 Å². The lowest BCUT2D eigenvalue weighted by Gasteiger charge is -2.10. The van der Waals surface area contributed by atoms with Crippen LogP contribution in [-0.2, 0) is 4.79 Å². The zero-order valence-corrected chi connectivity index (χ0v) is 11.6. The highest BCUT2D eigenvalue weighted by atomic mass is 16.2. The van der Waals surface area contributed by atoms with E-state index in [1.165, 1.54) is 12.8 Å². The minimum Gasteiger partial charge on any atom is -0.357 e. The van der Waals surface area contributed by atoms with Crippen LogP contribution in [0.15, 0.2) is 4.99 Å². The molecule has 1 saturated carbocycles. The summed E-state index contributed by atoms with van der Waals surface area (Å²) in [7, 11) is 0. The van der Waals surface area contributed by atoms with E-state index in [0.717, 1.165) is 38.3 Å². The van der Waals surface area contributed by atoms with Crippen LogP contribution >= 0.6 is 0 Å². The number of hydrogen-bond acceptors (Lipinski definition) is 2. The lowest BCUT2D eigenvalue weighted by Crippen LogP contribution is -2.39. The SMILES string of the molecule is CCCCCNC(=NCC(=O)NC1CC1)NCC. The van der Waals surface area contributed by atoms with E-state index in [2.05, 4.69) is 27.9 Å². The van der Waals surface area contributed by atoms with Crippen molar-refractivity contribution < 1.29 is 4.79 Å². The molecule has 0 atom stereocenters. The quantitative estimate of drug-likeness (QED) is 0.344. The first-order valence-corrected chi connectivity index (χ1v) is 7.07. The summed E-state index contributed by atoms with van der Waals surface area (Å²) in [6.45, 7) is 6.13. The zero-order valence-electron chi connectivity index (χ0n) is 11.6. The van der Waals surface area contributed by atoms with Crippen molar-refractivity contribution in [2.24, 2.45) is 4.99 Å². The molecule has 1 aliphatic rings. The largest absolute Gasteiger partial charge is 0.357 e. The molecule has 1 aliphatic carbocycles. The van der Waals surface area contributed by atoms with Crippen LogP contribution in [-0.4, -0.2) is 37.5 Å². The first kappa shape index (κ1) is 14.8. The Balaban J connectivity index is 2.22. The van der Waals surface area contributed by atoms with Gasteiger partial charge in [-0.25, -0.2) is 4.99 Å². The Morgan fingerprint density at radius 1 is 1.22 bits per heavy atom. The summed E-state index contributed by atoms with van der Waals surface area (Å²) in [5, 5.41) is 9.31. The number of nitrogens with zero attached hydrogens (tertiary/aromatic N) is 1. The van der Waals surface area contributed by atoms with E-state index in [1.54, 1.807) is 0 Å². The van der Waals surface area contributed by atoms with Crippen LogP contribution < -0.4 is 16.0 Å². The Hall–Kier alpha value is -1.26. The first-order chi connectivity index (χ1) is 8.76. The molecule has 5 heteroatoms. The minimum atomic E-state index is 0.0169. The highest BCUT2D eigenvalue weighted by molar-refractivity contribution is 5.85. The summed E-state index contributed by atoms with van der Waals surface area (Å²) in [6.07, 6.45) is 5.79. The van der Waals surface area contributed by atoms with Crippen molar-refractivity contribution in [1.82, 2.24) is 16.0 Å². The van der Waals surface area contributed by atoms with Gasteiger partial charge in [0.05, 0.1) is 0 Å². The van der Waals surface area contributed by atoms with Gasteiger partial charge in [-0.3, -0.25) is 4.79 Å². The maximum atomic E-state index is 11.5. The zero-order chi connectivity index (χ0) is 13.2. The van der Waals surface area contributed by atoms with Crippen LogP contribution in [0.5, 0.6) is 0 Å². The van der Waals surface area contributed by atoms with Gasteiger partial charge in [-0.15, -0.1) is 0 Å². The van der Waals surface area contributed by atoms with Gasteiger partial charge in [0.1, 0.15) is 6.54 Å². The molecule has 0 aromatic rings. The highest BCUT2D eigenvalue weighted by Crippen LogP contribution is 2.18. The summed E-state index contributed by atoms with van der Waals surface area (Å²) >= 11 is 0. The van der Waals surface area contributed by atoms with Gasteiger partial charge >= 0.3 is 0 Å². The van der Waals surface area contributed by atoms with Crippen molar-refractivity contribution >= 4 is 11.9 Å². The fraction of sp³-hybridized carbons (Fsp3) is 0.846. The Morgan fingerprint density at radius 2 is 2.00 bits per heavy atom. The van der Waals surface area contributed by atoms with Crippen LogP contribution in [0.2, 0.25) is 0 Å². The van der Waals surface area contributed by atoms with Gasteiger partial charge in [-0.1, -0.05) is 19.8 Å². The van der Waals surface area contributed by atoms with E-state index in [-0.39, 0.29) is 12.5 Å². The molecular formula is C13H26N4O. The molecule has 0 saturated heterocycles. The third-order valence-corrected chi connectivity index (χ3v) is 2.74. The van der Waals surface area contributed by atoms with Crippen molar-refractivity contribution in [2.75, 3.05) is 19.6 Å². The monoisotopic (exact) mass is 254 g/mol. The molecular weight excluding hydrogens is 228 g/mol. The van der Waals surface area contributed by atoms with Gasteiger partial charge in [0, 0.05) is 19.1 Å². The van der Waals surface area contributed by atoms with E-state index in [9.17, 15) is 4.79 Å². The van der Waals surface area contributed by atoms with E-state index < -0.39 is 0 Å². The lowest BCUT2D eigenvalue weighted by molar-refractivity contribution is -0.119. The average Bonchev–Trinajstić information content (AvgIpc) is 3.15. The summed E-state index contributed by atoms with van der Waals surface area (Å²) < 4.78 is 0. The molecule has 0 unspecified atom stereocenters. The summed E-state index contributed by atoms with van der Waals surface area (Å²) in [4.78, 5) is 15.8. The molecule has 1 amide bonds. The number of carbonyl (C=O) groups is 1. The van der Waals surface area contributed by atoms with Crippen LogP contribution in [0.3, 0.4) is 0 Å². The second-order valence-electron chi connectivity index (χ2n) is 4.67. The Morgan fingerprint density at radius 3 is 2.61 bits per heavy atom. The number of nitrogens with one attached hydrogen (secondary N) is 3. The molecule has 0 aliphatic heterocycles. The average molecular weight is 254 g/mol. The van der Waals surface area contributed by atoms with Gasteiger partial charge < -0.3 is 16.0 Å². The van der Waals surface area contributed by atoms with Crippen LogP contribution in [0, 0.1) is 0 Å². The predicted molar refractivity (Wildman–Crippen MR) is 74.7 cm³/mol. The maximum Gasteiger partial charge on any atom is 0.242 e. The fourth-order valence-electron chi connectivity index (χ4n) is 1.58. The Bertz CT molecular complexity index is 274. The molecule has 0 spiro atoms. The number of amides is 1. The maximum absolute atomic E-state index is 11.5.